The third kappa shape index (κ3) is 2.37. The highest BCUT2D eigenvalue weighted by molar-refractivity contribution is 5.78. The molecule has 0 aliphatic heterocycles. The van der Waals surface area contributed by atoms with Gasteiger partial charge in [-0.1, -0.05) is 12.1 Å². The predicted molar refractivity (Wildman–Crippen MR) is 65.5 cm³/mol. The van der Waals surface area contributed by atoms with Crippen LogP contribution in [-0.4, -0.2) is 27.8 Å². The Morgan fingerprint density at radius 3 is 3.00 bits per heavy atom. The molecule has 5 heteroatoms. The first-order valence-electron chi connectivity index (χ1n) is 5.53. The first kappa shape index (κ1) is 11.4. The van der Waals surface area contributed by atoms with Gasteiger partial charge in [0.25, 0.3) is 0 Å². The van der Waals surface area contributed by atoms with Crippen LogP contribution in [0.4, 0.5) is 5.95 Å². The minimum atomic E-state index is 0.0570. The molecule has 0 spiro atoms. The van der Waals surface area contributed by atoms with Gasteiger partial charge in [0, 0.05) is 13.1 Å². The molecule has 2 rings (SSSR count). The largest absolute Gasteiger partial charge is 0.395 e. The molecular formula is C12H14N4O. The maximum absolute atomic E-state index is 8.82. The Bertz CT molecular complexity index is 541. The van der Waals surface area contributed by atoms with Crippen molar-refractivity contribution in [3.63, 3.8) is 0 Å². The summed E-state index contributed by atoms with van der Waals surface area (Å²) in [6.07, 6.45) is 0.439. The summed E-state index contributed by atoms with van der Waals surface area (Å²) in [5.74, 6) is 0.704. The van der Waals surface area contributed by atoms with Crippen LogP contribution in [-0.2, 0) is 6.54 Å². The van der Waals surface area contributed by atoms with Crippen LogP contribution in [0.1, 0.15) is 6.42 Å². The highest BCUT2D eigenvalue weighted by Crippen LogP contribution is 2.19. The number of hydrogen-bond donors (Lipinski definition) is 2. The summed E-state index contributed by atoms with van der Waals surface area (Å²) in [5, 5.41) is 20.5. The van der Waals surface area contributed by atoms with E-state index in [2.05, 4.69) is 16.4 Å². The van der Waals surface area contributed by atoms with Gasteiger partial charge in [0.15, 0.2) is 0 Å². The number of aryl methyl sites for hydroxylation is 1. The summed E-state index contributed by atoms with van der Waals surface area (Å²) in [4.78, 5) is 4.43. The van der Waals surface area contributed by atoms with E-state index in [0.29, 0.717) is 25.5 Å². The average Bonchev–Trinajstić information content (AvgIpc) is 2.71. The van der Waals surface area contributed by atoms with Gasteiger partial charge in [0.2, 0.25) is 5.95 Å². The lowest BCUT2D eigenvalue weighted by molar-refractivity contribution is 0.310. The van der Waals surface area contributed by atoms with Gasteiger partial charge in [0.05, 0.1) is 30.1 Å². The molecule has 1 aromatic heterocycles. The van der Waals surface area contributed by atoms with Crippen molar-refractivity contribution in [2.45, 2.75) is 13.0 Å². The second-order valence-corrected chi connectivity index (χ2v) is 3.63. The molecule has 5 nitrogen and oxygen atoms in total. The van der Waals surface area contributed by atoms with Crippen LogP contribution in [0.2, 0.25) is 0 Å². The van der Waals surface area contributed by atoms with E-state index in [0.717, 1.165) is 11.0 Å². The van der Waals surface area contributed by atoms with E-state index < -0.39 is 0 Å². The molecule has 0 amide bonds. The van der Waals surface area contributed by atoms with E-state index >= 15 is 0 Å². The van der Waals surface area contributed by atoms with Crippen molar-refractivity contribution in [3.05, 3.63) is 24.3 Å². The fraction of sp³-hybridized carbons (Fsp3) is 0.333. The van der Waals surface area contributed by atoms with E-state index in [1.54, 1.807) is 0 Å². The fourth-order valence-electron chi connectivity index (χ4n) is 1.77. The fourth-order valence-corrected chi connectivity index (χ4v) is 1.77. The first-order valence-corrected chi connectivity index (χ1v) is 5.53. The maximum atomic E-state index is 8.82. The number of hydrogen-bond acceptors (Lipinski definition) is 4. The number of imidazole rings is 1. The van der Waals surface area contributed by atoms with Crippen molar-refractivity contribution in [3.8, 4) is 6.07 Å². The zero-order valence-electron chi connectivity index (χ0n) is 9.43. The number of nitrogens with zero attached hydrogens (tertiary/aromatic N) is 3. The van der Waals surface area contributed by atoms with Crippen LogP contribution in [0, 0.1) is 11.3 Å². The number of para-hydroxylation sites is 2. The van der Waals surface area contributed by atoms with Crippen LogP contribution in [0.25, 0.3) is 11.0 Å². The molecule has 0 fully saturated rings. The highest BCUT2D eigenvalue weighted by Gasteiger charge is 2.08. The minimum Gasteiger partial charge on any atom is -0.395 e. The van der Waals surface area contributed by atoms with Crippen molar-refractivity contribution in [2.75, 3.05) is 18.5 Å². The van der Waals surface area contributed by atoms with Gasteiger partial charge in [-0.3, -0.25) is 0 Å². The normalized spacial score (nSPS) is 10.4. The predicted octanol–water partition coefficient (Wildman–Crippen LogP) is 1.35. The lowest BCUT2D eigenvalue weighted by Crippen LogP contribution is -2.11. The average molecular weight is 230 g/mol. The summed E-state index contributed by atoms with van der Waals surface area (Å²) in [7, 11) is 0. The summed E-state index contributed by atoms with van der Waals surface area (Å²) in [5.41, 5.74) is 1.90. The molecule has 1 heterocycles. The number of anilines is 1. The number of aromatic nitrogens is 2. The summed E-state index contributed by atoms with van der Waals surface area (Å²) in [6, 6.07) is 9.91. The van der Waals surface area contributed by atoms with Gasteiger partial charge < -0.3 is 15.0 Å². The molecule has 0 bridgehead atoms. The number of nitriles is 1. The van der Waals surface area contributed by atoms with Crippen molar-refractivity contribution in [1.82, 2.24) is 9.55 Å². The van der Waals surface area contributed by atoms with Crippen molar-refractivity contribution >= 4 is 17.0 Å². The van der Waals surface area contributed by atoms with Crippen molar-refractivity contribution in [1.29, 1.82) is 5.26 Å². The molecule has 0 unspecified atom stereocenters. The van der Waals surface area contributed by atoms with E-state index in [9.17, 15) is 0 Å². The zero-order chi connectivity index (χ0) is 12.1. The number of aliphatic hydroxyl groups excluding tert-OH is 1. The Balaban J connectivity index is 2.38. The Hall–Kier alpha value is -2.06. The lowest BCUT2D eigenvalue weighted by atomic mass is 10.3. The van der Waals surface area contributed by atoms with Crippen LogP contribution >= 0.6 is 0 Å². The summed E-state index contributed by atoms with van der Waals surface area (Å²) >= 11 is 0. The van der Waals surface area contributed by atoms with E-state index in [4.69, 9.17) is 10.4 Å². The second kappa shape index (κ2) is 5.32. The molecule has 0 aliphatic carbocycles. The van der Waals surface area contributed by atoms with Gasteiger partial charge in [-0.15, -0.1) is 0 Å². The first-order chi connectivity index (χ1) is 8.36. The van der Waals surface area contributed by atoms with Gasteiger partial charge in [-0.05, 0) is 12.1 Å². The molecule has 2 N–H and O–H groups in total. The second-order valence-electron chi connectivity index (χ2n) is 3.63. The number of aliphatic hydroxyl groups is 1. The third-order valence-electron chi connectivity index (χ3n) is 2.50. The number of fused-ring (bicyclic) bond motifs is 1. The Morgan fingerprint density at radius 2 is 2.24 bits per heavy atom. The number of nitrogens with one attached hydrogen (secondary N) is 1. The summed E-state index contributed by atoms with van der Waals surface area (Å²) in [6.45, 7) is 1.11. The van der Waals surface area contributed by atoms with Crippen LogP contribution in [0.5, 0.6) is 0 Å². The molecule has 2 aromatic rings. The van der Waals surface area contributed by atoms with Gasteiger partial charge in [-0.25, -0.2) is 4.98 Å². The van der Waals surface area contributed by atoms with Crippen molar-refractivity contribution < 1.29 is 5.11 Å². The van der Waals surface area contributed by atoms with Crippen LogP contribution in [0.15, 0.2) is 24.3 Å². The van der Waals surface area contributed by atoms with E-state index in [1.165, 1.54) is 0 Å². The SMILES string of the molecule is N#CCCn1c(NCCO)nc2ccccc21. The standard InChI is InChI=1S/C12H14N4O/c13-6-3-8-16-11-5-2-1-4-10(11)15-12(16)14-7-9-17/h1-2,4-5,17H,3,7-9H2,(H,14,15). The Kier molecular flexibility index (Phi) is 3.58. The molecule has 0 radical (unpaired) electrons. The summed E-state index contributed by atoms with van der Waals surface area (Å²) < 4.78 is 1.97. The molecule has 0 saturated heterocycles. The van der Waals surface area contributed by atoms with E-state index in [1.807, 2.05) is 28.8 Å². The Morgan fingerprint density at radius 1 is 1.41 bits per heavy atom. The lowest BCUT2D eigenvalue weighted by Gasteiger charge is -2.07. The molecule has 1 aromatic carbocycles. The van der Waals surface area contributed by atoms with Crippen molar-refractivity contribution in [2.24, 2.45) is 0 Å². The number of rotatable bonds is 5. The smallest absolute Gasteiger partial charge is 0.203 e. The molecule has 0 aliphatic rings. The molecule has 88 valence electrons. The Labute approximate surface area is 99.3 Å². The monoisotopic (exact) mass is 230 g/mol. The minimum absolute atomic E-state index is 0.0570. The van der Waals surface area contributed by atoms with E-state index in [-0.39, 0.29) is 6.61 Å². The quantitative estimate of drug-likeness (QED) is 0.813. The van der Waals surface area contributed by atoms with Crippen LogP contribution in [0.3, 0.4) is 0 Å². The molecular weight excluding hydrogens is 216 g/mol. The van der Waals surface area contributed by atoms with Gasteiger partial charge in [0.1, 0.15) is 0 Å². The molecule has 0 saturated carbocycles. The number of benzene rings is 1. The van der Waals surface area contributed by atoms with Crippen LogP contribution < -0.4 is 5.32 Å². The highest BCUT2D eigenvalue weighted by atomic mass is 16.3. The maximum Gasteiger partial charge on any atom is 0.203 e. The topological polar surface area (TPSA) is 73.9 Å². The zero-order valence-corrected chi connectivity index (χ0v) is 9.43. The third-order valence-corrected chi connectivity index (χ3v) is 2.50. The molecule has 0 atom stereocenters. The van der Waals surface area contributed by atoms with Gasteiger partial charge in [-0.2, -0.15) is 5.26 Å². The molecule has 17 heavy (non-hydrogen) atoms. The van der Waals surface area contributed by atoms with Gasteiger partial charge >= 0.3 is 0 Å².